The highest BCUT2D eigenvalue weighted by Crippen LogP contribution is 2.32. The highest BCUT2D eigenvalue weighted by Gasteiger charge is 2.32. The van der Waals surface area contributed by atoms with Gasteiger partial charge in [0.1, 0.15) is 17.3 Å². The number of ether oxygens (including phenoxy) is 1. The molecular weight excluding hydrogens is 568 g/mol. The van der Waals surface area contributed by atoms with Crippen molar-refractivity contribution >= 4 is 34.7 Å². The van der Waals surface area contributed by atoms with Gasteiger partial charge in [-0.1, -0.05) is 41.7 Å². The van der Waals surface area contributed by atoms with Crippen LogP contribution in [0.25, 0.3) is 17.4 Å². The number of non-ortho nitro benzene ring substituents is 1. The average Bonchev–Trinajstić information content (AvgIpc) is 3.61. The molecule has 1 amide bonds. The minimum atomic E-state index is -0.760. The van der Waals surface area contributed by atoms with Gasteiger partial charge >= 0.3 is 0 Å². The average molecular weight is 593 g/mol. The molecule has 1 aliphatic rings. The van der Waals surface area contributed by atoms with Crippen molar-refractivity contribution in [3.05, 3.63) is 143 Å². The SMILES string of the molecule is COc1cccc([C@@H]2C(C(=O)Nc3ccccc3)=C(C)N=c3s/c(=C\c4ccc(-c5ccc([N+](=O)[O-])cc5)o4)c(=O)n32)c1. The van der Waals surface area contributed by atoms with Crippen LogP contribution in [0.5, 0.6) is 5.75 Å². The smallest absolute Gasteiger partial charge is 0.271 e. The molecule has 0 bridgehead atoms. The number of thiazole rings is 1. The molecule has 0 fully saturated rings. The number of nitrogens with zero attached hydrogens (tertiary/aromatic N) is 3. The Morgan fingerprint density at radius 2 is 1.84 bits per heavy atom. The summed E-state index contributed by atoms with van der Waals surface area (Å²) in [4.78, 5) is 43.3. The molecule has 0 saturated carbocycles. The number of amides is 1. The number of nitro groups is 1. The third kappa shape index (κ3) is 5.41. The van der Waals surface area contributed by atoms with Gasteiger partial charge in [0.2, 0.25) is 0 Å². The van der Waals surface area contributed by atoms with Crippen molar-refractivity contribution in [3.8, 4) is 17.1 Å². The molecule has 1 atom stereocenters. The van der Waals surface area contributed by atoms with Gasteiger partial charge in [0.25, 0.3) is 17.2 Å². The van der Waals surface area contributed by atoms with Crippen LogP contribution >= 0.6 is 11.3 Å². The summed E-state index contributed by atoms with van der Waals surface area (Å²) in [6.45, 7) is 1.76. The zero-order valence-corrected chi connectivity index (χ0v) is 23.8. The van der Waals surface area contributed by atoms with Gasteiger partial charge in [0.05, 0.1) is 33.9 Å². The Hall–Kier alpha value is -5.55. The summed E-state index contributed by atoms with van der Waals surface area (Å²) in [5.74, 6) is 1.15. The molecule has 6 rings (SSSR count). The Balaban J connectivity index is 1.43. The summed E-state index contributed by atoms with van der Waals surface area (Å²) in [5.41, 5.74) is 2.46. The maximum absolute atomic E-state index is 14.0. The van der Waals surface area contributed by atoms with E-state index in [1.807, 2.05) is 30.3 Å². The number of anilines is 1. The van der Waals surface area contributed by atoms with E-state index in [1.165, 1.54) is 28.0 Å². The number of furan rings is 1. The number of carbonyl (C=O) groups is 1. The van der Waals surface area contributed by atoms with E-state index in [-0.39, 0.29) is 17.2 Å². The number of benzene rings is 3. The Morgan fingerprint density at radius 1 is 1.07 bits per heavy atom. The van der Waals surface area contributed by atoms with Crippen LogP contribution < -0.4 is 24.9 Å². The van der Waals surface area contributed by atoms with E-state index in [1.54, 1.807) is 68.6 Å². The largest absolute Gasteiger partial charge is 0.497 e. The van der Waals surface area contributed by atoms with Crippen LogP contribution in [0.1, 0.15) is 24.3 Å². The van der Waals surface area contributed by atoms with Crippen molar-refractivity contribution in [1.29, 1.82) is 0 Å². The first kappa shape index (κ1) is 27.6. The fourth-order valence-electron chi connectivity index (χ4n) is 4.92. The molecule has 1 N–H and O–H groups in total. The van der Waals surface area contributed by atoms with E-state index in [9.17, 15) is 19.7 Å². The molecule has 3 heterocycles. The first-order valence-electron chi connectivity index (χ1n) is 13.2. The van der Waals surface area contributed by atoms with Crippen molar-refractivity contribution < 1.29 is 18.9 Å². The standard InChI is InChI=1S/C32H24N4O6S/c1-19-28(30(37)34-22-8-4-3-5-9-22)29(21-7-6-10-24(17-21)41-2)35-31(38)27(43-32(35)33-19)18-25-15-16-26(42-25)20-11-13-23(14-12-20)36(39)40/h3-18,29H,1-2H3,(H,34,37)/b27-18-/t29-/m1/s1. The van der Waals surface area contributed by atoms with Crippen LogP contribution in [0, 0.1) is 10.1 Å². The van der Waals surface area contributed by atoms with Gasteiger partial charge in [0.15, 0.2) is 4.80 Å². The van der Waals surface area contributed by atoms with Gasteiger partial charge in [-0.2, -0.15) is 0 Å². The van der Waals surface area contributed by atoms with Crippen LogP contribution in [0.4, 0.5) is 11.4 Å². The zero-order valence-electron chi connectivity index (χ0n) is 23.0. The van der Waals surface area contributed by atoms with Gasteiger partial charge < -0.3 is 14.5 Å². The quantitative estimate of drug-likeness (QED) is 0.208. The second-order valence-electron chi connectivity index (χ2n) is 9.68. The molecule has 43 heavy (non-hydrogen) atoms. The summed E-state index contributed by atoms with van der Waals surface area (Å²) >= 11 is 1.19. The molecule has 0 saturated heterocycles. The summed E-state index contributed by atoms with van der Waals surface area (Å²) in [6, 6.07) is 25.1. The van der Waals surface area contributed by atoms with Gasteiger partial charge in [-0.3, -0.25) is 24.3 Å². The van der Waals surface area contributed by atoms with E-state index in [2.05, 4.69) is 10.3 Å². The predicted octanol–water partition coefficient (Wildman–Crippen LogP) is 5.05. The van der Waals surface area contributed by atoms with E-state index in [4.69, 9.17) is 9.15 Å². The number of para-hydroxylation sites is 1. The summed E-state index contributed by atoms with van der Waals surface area (Å²) in [5, 5.41) is 13.9. The molecule has 214 valence electrons. The van der Waals surface area contributed by atoms with Crippen LogP contribution in [0.15, 0.2) is 116 Å². The molecule has 0 aliphatic carbocycles. The lowest BCUT2D eigenvalue weighted by atomic mass is 9.95. The lowest BCUT2D eigenvalue weighted by Crippen LogP contribution is -2.40. The normalized spacial score (nSPS) is 14.7. The molecule has 2 aromatic heterocycles. The molecule has 0 radical (unpaired) electrons. The molecule has 1 aliphatic heterocycles. The summed E-state index contributed by atoms with van der Waals surface area (Å²) < 4.78 is 13.3. The van der Waals surface area contributed by atoms with Crippen molar-refractivity contribution in [3.63, 3.8) is 0 Å². The highest BCUT2D eigenvalue weighted by molar-refractivity contribution is 7.07. The molecule has 0 unspecified atom stereocenters. The van der Waals surface area contributed by atoms with Crippen molar-refractivity contribution in [2.75, 3.05) is 12.4 Å². The molecular formula is C32H24N4O6S. The number of aromatic nitrogens is 1. The Morgan fingerprint density at radius 3 is 2.56 bits per heavy atom. The zero-order chi connectivity index (χ0) is 30.1. The van der Waals surface area contributed by atoms with Crippen LogP contribution in [-0.4, -0.2) is 22.5 Å². The van der Waals surface area contributed by atoms with Crippen LogP contribution in [-0.2, 0) is 4.79 Å². The minimum Gasteiger partial charge on any atom is -0.497 e. The molecule has 11 heteroatoms. The second kappa shape index (κ2) is 11.4. The second-order valence-corrected chi connectivity index (χ2v) is 10.7. The number of carbonyl (C=O) groups excluding carboxylic acids is 1. The first-order chi connectivity index (χ1) is 20.8. The molecule has 5 aromatic rings. The van der Waals surface area contributed by atoms with E-state index in [0.717, 1.165) is 0 Å². The number of nitro benzene ring substituents is 1. The number of fused-ring (bicyclic) bond motifs is 1. The number of methoxy groups -OCH3 is 1. The number of nitrogens with one attached hydrogen (secondary N) is 1. The summed E-state index contributed by atoms with van der Waals surface area (Å²) in [6.07, 6.45) is 1.63. The van der Waals surface area contributed by atoms with Gasteiger partial charge in [-0.15, -0.1) is 0 Å². The maximum Gasteiger partial charge on any atom is 0.271 e. The predicted molar refractivity (Wildman–Crippen MR) is 163 cm³/mol. The third-order valence-electron chi connectivity index (χ3n) is 6.97. The van der Waals surface area contributed by atoms with E-state index in [0.29, 0.717) is 54.7 Å². The Bertz CT molecular complexity index is 2070. The van der Waals surface area contributed by atoms with E-state index >= 15 is 0 Å². The fraction of sp³-hybridized carbons (Fsp3) is 0.0938. The summed E-state index contributed by atoms with van der Waals surface area (Å²) in [7, 11) is 1.56. The Labute approximate surface area is 248 Å². The van der Waals surface area contributed by atoms with Crippen molar-refractivity contribution in [2.45, 2.75) is 13.0 Å². The van der Waals surface area contributed by atoms with Crippen LogP contribution in [0.3, 0.4) is 0 Å². The number of rotatable bonds is 7. The lowest BCUT2D eigenvalue weighted by molar-refractivity contribution is -0.384. The van der Waals surface area contributed by atoms with Gasteiger partial charge in [0, 0.05) is 29.5 Å². The van der Waals surface area contributed by atoms with E-state index < -0.39 is 11.0 Å². The number of hydrogen-bond acceptors (Lipinski definition) is 8. The Kier molecular flexibility index (Phi) is 7.31. The topological polar surface area (TPSA) is 129 Å². The molecule has 10 nitrogen and oxygen atoms in total. The highest BCUT2D eigenvalue weighted by atomic mass is 32.1. The third-order valence-corrected chi connectivity index (χ3v) is 7.95. The van der Waals surface area contributed by atoms with Crippen molar-refractivity contribution in [1.82, 2.24) is 4.57 Å². The monoisotopic (exact) mass is 592 g/mol. The fourth-order valence-corrected chi connectivity index (χ4v) is 5.95. The first-order valence-corrected chi connectivity index (χ1v) is 14.0. The number of hydrogen-bond donors (Lipinski definition) is 1. The molecule has 3 aromatic carbocycles. The molecule has 0 spiro atoms. The van der Waals surface area contributed by atoms with Gasteiger partial charge in [-0.25, -0.2) is 4.99 Å². The van der Waals surface area contributed by atoms with Crippen molar-refractivity contribution in [2.24, 2.45) is 4.99 Å². The van der Waals surface area contributed by atoms with Gasteiger partial charge in [-0.05, 0) is 61.0 Å². The minimum absolute atomic E-state index is 0.0191. The maximum atomic E-state index is 14.0. The lowest BCUT2D eigenvalue weighted by Gasteiger charge is -2.25. The van der Waals surface area contributed by atoms with Crippen LogP contribution in [0.2, 0.25) is 0 Å². The number of allylic oxidation sites excluding steroid dienone is 1.